The second-order valence-electron chi connectivity index (χ2n) is 3.78. The highest BCUT2D eigenvalue weighted by Gasteiger charge is 2.13. The van der Waals surface area contributed by atoms with Crippen LogP contribution >= 0.6 is 11.8 Å². The van der Waals surface area contributed by atoms with E-state index in [1.807, 2.05) is 6.26 Å². The molecular formula is C12H16F2N2O2S. The number of anilines is 1. The average Bonchev–Trinajstić information content (AvgIpc) is 2.37. The fraction of sp³-hybridized carbons (Fsp3) is 0.417. The number of hydrogen-bond acceptors (Lipinski definition) is 4. The number of amides is 1. The van der Waals surface area contributed by atoms with Crippen molar-refractivity contribution < 1.29 is 18.3 Å². The van der Waals surface area contributed by atoms with E-state index in [0.717, 1.165) is 5.75 Å². The van der Waals surface area contributed by atoms with Crippen molar-refractivity contribution >= 4 is 23.4 Å². The summed E-state index contributed by atoms with van der Waals surface area (Å²) in [5.74, 6) is 0.548. The first kappa shape index (κ1) is 15.7. The zero-order valence-electron chi connectivity index (χ0n) is 10.4. The van der Waals surface area contributed by atoms with Gasteiger partial charge in [-0.1, -0.05) is 0 Å². The Balaban J connectivity index is 2.50. The molecule has 0 fully saturated rings. The lowest BCUT2D eigenvalue weighted by Gasteiger charge is -2.12. The molecule has 0 saturated carbocycles. The van der Waals surface area contributed by atoms with Crippen LogP contribution in [0.15, 0.2) is 24.3 Å². The smallest absolute Gasteiger partial charge is 0.387 e. The highest BCUT2D eigenvalue weighted by atomic mass is 32.2. The molecule has 0 aliphatic heterocycles. The second-order valence-corrected chi connectivity index (χ2v) is 4.77. The molecule has 0 aliphatic rings. The normalized spacial score (nSPS) is 12.3. The molecule has 0 saturated heterocycles. The molecule has 4 nitrogen and oxygen atoms in total. The van der Waals surface area contributed by atoms with Gasteiger partial charge in [0, 0.05) is 5.69 Å². The van der Waals surface area contributed by atoms with Crippen LogP contribution in [-0.2, 0) is 4.79 Å². The molecule has 7 heteroatoms. The average molecular weight is 290 g/mol. The van der Waals surface area contributed by atoms with Crippen LogP contribution < -0.4 is 15.8 Å². The first-order valence-corrected chi connectivity index (χ1v) is 7.02. The molecule has 106 valence electrons. The van der Waals surface area contributed by atoms with Crippen LogP contribution in [0.25, 0.3) is 0 Å². The van der Waals surface area contributed by atoms with Crippen molar-refractivity contribution in [3.63, 3.8) is 0 Å². The van der Waals surface area contributed by atoms with Crippen molar-refractivity contribution in [1.29, 1.82) is 0 Å². The molecule has 0 aromatic heterocycles. The van der Waals surface area contributed by atoms with E-state index in [1.165, 1.54) is 24.3 Å². The highest BCUT2D eigenvalue weighted by molar-refractivity contribution is 7.98. The Morgan fingerprint density at radius 1 is 1.42 bits per heavy atom. The minimum absolute atomic E-state index is 0.0414. The number of nitrogens with two attached hydrogens (primary N) is 1. The van der Waals surface area contributed by atoms with Crippen LogP contribution in [0.5, 0.6) is 5.75 Å². The molecule has 1 atom stereocenters. The summed E-state index contributed by atoms with van der Waals surface area (Å²) in [6.07, 6.45) is 2.52. The van der Waals surface area contributed by atoms with E-state index in [1.54, 1.807) is 11.8 Å². The predicted octanol–water partition coefficient (Wildman–Crippen LogP) is 2.31. The van der Waals surface area contributed by atoms with Crippen molar-refractivity contribution in [3.05, 3.63) is 24.3 Å². The third kappa shape index (κ3) is 5.89. The number of benzene rings is 1. The Morgan fingerprint density at radius 2 is 2.05 bits per heavy atom. The molecule has 19 heavy (non-hydrogen) atoms. The third-order valence-electron chi connectivity index (χ3n) is 2.32. The van der Waals surface area contributed by atoms with Gasteiger partial charge in [0.2, 0.25) is 5.91 Å². The van der Waals surface area contributed by atoms with Gasteiger partial charge >= 0.3 is 6.61 Å². The van der Waals surface area contributed by atoms with Crippen molar-refractivity contribution in [2.75, 3.05) is 17.3 Å². The lowest BCUT2D eigenvalue weighted by molar-refractivity contribution is -0.117. The van der Waals surface area contributed by atoms with Gasteiger partial charge < -0.3 is 15.8 Å². The van der Waals surface area contributed by atoms with Crippen LogP contribution in [0.1, 0.15) is 6.42 Å². The van der Waals surface area contributed by atoms with Gasteiger partial charge in [-0.3, -0.25) is 4.79 Å². The number of rotatable bonds is 7. The Labute approximate surface area is 114 Å². The van der Waals surface area contributed by atoms with E-state index in [2.05, 4.69) is 10.1 Å². The number of ether oxygens (including phenoxy) is 1. The summed E-state index contributed by atoms with van der Waals surface area (Å²) < 4.78 is 28.1. The minimum atomic E-state index is -2.86. The molecular weight excluding hydrogens is 274 g/mol. The third-order valence-corrected chi connectivity index (χ3v) is 2.96. The van der Waals surface area contributed by atoms with E-state index < -0.39 is 12.7 Å². The van der Waals surface area contributed by atoms with Gasteiger partial charge in [-0.05, 0) is 42.7 Å². The maximum atomic E-state index is 11.9. The zero-order valence-corrected chi connectivity index (χ0v) is 11.3. The number of carbonyl (C=O) groups is 1. The Morgan fingerprint density at radius 3 is 2.58 bits per heavy atom. The van der Waals surface area contributed by atoms with E-state index in [4.69, 9.17) is 5.73 Å². The van der Waals surface area contributed by atoms with Crippen molar-refractivity contribution in [1.82, 2.24) is 0 Å². The lowest BCUT2D eigenvalue weighted by atomic mass is 10.2. The van der Waals surface area contributed by atoms with Crippen LogP contribution in [0, 0.1) is 0 Å². The van der Waals surface area contributed by atoms with Crippen LogP contribution in [-0.4, -0.2) is 30.6 Å². The first-order valence-electron chi connectivity index (χ1n) is 5.63. The summed E-state index contributed by atoms with van der Waals surface area (Å²) in [4.78, 5) is 11.7. The molecule has 1 amide bonds. The standard InChI is InChI=1S/C12H16F2N2O2S/c1-19-7-6-10(15)11(17)16-8-2-4-9(5-3-8)18-12(13)14/h2-5,10,12H,6-7,15H2,1H3,(H,16,17)/t10-/m0/s1. The predicted molar refractivity (Wildman–Crippen MR) is 72.7 cm³/mol. The summed E-state index contributed by atoms with van der Waals surface area (Å²) in [6, 6.07) is 5.10. The number of alkyl halides is 2. The van der Waals surface area contributed by atoms with Crippen LogP contribution in [0.4, 0.5) is 14.5 Å². The molecule has 0 spiro atoms. The summed E-state index contributed by atoms with van der Waals surface area (Å²) in [5.41, 5.74) is 6.19. The first-order chi connectivity index (χ1) is 9.02. The molecule has 0 radical (unpaired) electrons. The van der Waals surface area contributed by atoms with Crippen molar-refractivity contribution in [2.24, 2.45) is 5.73 Å². The molecule has 0 heterocycles. The Bertz CT molecular complexity index is 401. The minimum Gasteiger partial charge on any atom is -0.435 e. The van der Waals surface area contributed by atoms with Gasteiger partial charge in [-0.25, -0.2) is 0 Å². The van der Waals surface area contributed by atoms with Crippen molar-refractivity contribution in [2.45, 2.75) is 19.1 Å². The SMILES string of the molecule is CSCC[C@H](N)C(=O)Nc1ccc(OC(F)F)cc1. The van der Waals surface area contributed by atoms with Gasteiger partial charge in [0.1, 0.15) is 5.75 Å². The largest absolute Gasteiger partial charge is 0.435 e. The number of hydrogen-bond donors (Lipinski definition) is 2. The van der Waals surface area contributed by atoms with Gasteiger partial charge in [0.25, 0.3) is 0 Å². The van der Waals surface area contributed by atoms with E-state index in [9.17, 15) is 13.6 Å². The molecule has 3 N–H and O–H groups in total. The fourth-order valence-electron chi connectivity index (χ4n) is 1.33. The quantitative estimate of drug-likeness (QED) is 0.809. The molecule has 0 aliphatic carbocycles. The highest BCUT2D eigenvalue weighted by Crippen LogP contribution is 2.17. The van der Waals surface area contributed by atoms with E-state index >= 15 is 0 Å². The molecule has 1 aromatic rings. The molecule has 1 rings (SSSR count). The van der Waals surface area contributed by atoms with Crippen LogP contribution in [0.3, 0.4) is 0 Å². The molecule has 0 bridgehead atoms. The molecule has 0 unspecified atom stereocenters. The lowest BCUT2D eigenvalue weighted by Crippen LogP contribution is -2.36. The fourth-order valence-corrected chi connectivity index (χ4v) is 1.82. The topological polar surface area (TPSA) is 64.4 Å². The van der Waals surface area contributed by atoms with Gasteiger partial charge in [0.15, 0.2) is 0 Å². The van der Waals surface area contributed by atoms with Gasteiger partial charge in [-0.2, -0.15) is 20.5 Å². The number of halogens is 2. The maximum Gasteiger partial charge on any atom is 0.387 e. The van der Waals surface area contributed by atoms with E-state index in [-0.39, 0.29) is 11.7 Å². The second kappa shape index (κ2) is 7.96. The summed E-state index contributed by atoms with van der Waals surface area (Å²) in [5, 5.41) is 2.61. The monoisotopic (exact) mass is 290 g/mol. The van der Waals surface area contributed by atoms with Crippen molar-refractivity contribution in [3.8, 4) is 5.75 Å². The molecule has 1 aromatic carbocycles. The Hall–Kier alpha value is -1.34. The van der Waals surface area contributed by atoms with Gasteiger partial charge in [-0.15, -0.1) is 0 Å². The van der Waals surface area contributed by atoms with Crippen LogP contribution in [0.2, 0.25) is 0 Å². The number of nitrogens with one attached hydrogen (secondary N) is 1. The maximum absolute atomic E-state index is 11.9. The Kier molecular flexibility index (Phi) is 6.58. The summed E-state index contributed by atoms with van der Waals surface area (Å²) >= 11 is 1.61. The number of thioether (sulfide) groups is 1. The summed E-state index contributed by atoms with van der Waals surface area (Å²) in [7, 11) is 0. The number of carbonyl (C=O) groups excluding carboxylic acids is 1. The summed E-state index contributed by atoms with van der Waals surface area (Å²) in [6.45, 7) is -2.86. The van der Waals surface area contributed by atoms with E-state index in [0.29, 0.717) is 12.1 Å². The zero-order chi connectivity index (χ0) is 14.3. The van der Waals surface area contributed by atoms with Gasteiger partial charge in [0.05, 0.1) is 6.04 Å².